The van der Waals surface area contributed by atoms with Crippen molar-refractivity contribution in [2.75, 3.05) is 30.4 Å². The van der Waals surface area contributed by atoms with Gasteiger partial charge in [-0.2, -0.15) is 15.3 Å². The van der Waals surface area contributed by atoms with Crippen molar-refractivity contribution < 1.29 is 23.6 Å². The third kappa shape index (κ3) is 7.25. The number of fused-ring (bicyclic) bond motifs is 2. The Morgan fingerprint density at radius 1 is 0.806 bits per heavy atom. The minimum atomic E-state index is -0.791. The van der Waals surface area contributed by atoms with E-state index in [2.05, 4.69) is 31.0 Å². The standard InChI is InChI=1S/C47H44FN13O6/c1-49-43(63)26-7-5-8-28(21-26)52-45(65)41-39-34(56(3)54-41)14-13-32(40(39)48)31-12-11-30(59-25-51-57(4)47(59)67)22-33(31)27-23-50-60(24-27)29-17-19-58(20-18-29)35-9-6-10-36-42(35)55(2)46(66)61(36)37-15-16-38(62)53-44(37)64/h5-14,21-25,29,37H,15-20H2,1-4H3,(H,49,63)(H,52,65)(H,53,62,64). The molecule has 19 nitrogen and oxygen atoms in total. The van der Waals surface area contributed by atoms with Crippen LogP contribution in [-0.4, -0.2) is 86.8 Å². The van der Waals surface area contributed by atoms with E-state index < -0.39 is 23.7 Å². The minimum Gasteiger partial charge on any atom is -0.370 e. The molecular weight excluding hydrogens is 862 g/mol. The molecule has 1 atom stereocenters. The number of benzene rings is 4. The van der Waals surface area contributed by atoms with Gasteiger partial charge in [0.2, 0.25) is 11.8 Å². The van der Waals surface area contributed by atoms with Gasteiger partial charge in [0.05, 0.1) is 45.5 Å². The number of nitrogens with zero attached hydrogens (tertiary/aromatic N) is 10. The number of aromatic nitrogens is 9. The molecule has 0 aliphatic carbocycles. The van der Waals surface area contributed by atoms with Crippen LogP contribution in [0.5, 0.6) is 0 Å². The summed E-state index contributed by atoms with van der Waals surface area (Å²) in [6.45, 7) is 1.26. The van der Waals surface area contributed by atoms with E-state index in [1.54, 1.807) is 80.4 Å². The zero-order valence-electron chi connectivity index (χ0n) is 36.9. The molecule has 340 valence electrons. The molecule has 4 aromatic carbocycles. The van der Waals surface area contributed by atoms with Crippen molar-refractivity contribution in [2.45, 2.75) is 37.8 Å². The fraction of sp³-hybridized carbons (Fsp3) is 0.255. The topological polar surface area (TPSA) is 210 Å². The van der Waals surface area contributed by atoms with E-state index in [1.165, 1.54) is 37.9 Å². The van der Waals surface area contributed by atoms with Crippen molar-refractivity contribution in [1.82, 2.24) is 53.7 Å². The number of hydrogen-bond acceptors (Lipinski definition) is 10. The number of nitrogens with one attached hydrogen (secondary N) is 3. The zero-order chi connectivity index (χ0) is 46.8. The van der Waals surface area contributed by atoms with E-state index in [0.717, 1.165) is 5.69 Å². The number of carbonyl (C=O) groups excluding carboxylic acids is 4. The first-order valence-electron chi connectivity index (χ1n) is 21.7. The van der Waals surface area contributed by atoms with Gasteiger partial charge in [0.15, 0.2) is 5.69 Å². The predicted molar refractivity (Wildman–Crippen MR) is 247 cm³/mol. The van der Waals surface area contributed by atoms with Crippen LogP contribution >= 0.6 is 0 Å². The molecule has 0 saturated carbocycles. The maximum Gasteiger partial charge on any atom is 0.350 e. The molecule has 2 aliphatic rings. The smallest absolute Gasteiger partial charge is 0.350 e. The number of halogens is 1. The molecule has 0 spiro atoms. The number of carbonyl (C=O) groups is 4. The van der Waals surface area contributed by atoms with E-state index in [1.807, 2.05) is 29.1 Å². The van der Waals surface area contributed by atoms with Crippen molar-refractivity contribution in [3.05, 3.63) is 130 Å². The molecule has 2 fully saturated rings. The summed E-state index contributed by atoms with van der Waals surface area (Å²) in [4.78, 5) is 79.7. The first-order valence-corrected chi connectivity index (χ1v) is 21.7. The Morgan fingerprint density at radius 3 is 2.33 bits per heavy atom. The largest absolute Gasteiger partial charge is 0.370 e. The first-order chi connectivity index (χ1) is 32.3. The van der Waals surface area contributed by atoms with Crippen molar-refractivity contribution >= 4 is 56.9 Å². The highest BCUT2D eigenvalue weighted by Crippen LogP contribution is 2.39. The molecule has 1 unspecified atom stereocenters. The Bertz CT molecular complexity index is 3470. The summed E-state index contributed by atoms with van der Waals surface area (Å²) in [7, 11) is 6.37. The van der Waals surface area contributed by atoms with Crippen LogP contribution in [0.25, 0.3) is 49.9 Å². The lowest BCUT2D eigenvalue weighted by Gasteiger charge is -2.34. The molecular formula is C47H44FN13O6. The van der Waals surface area contributed by atoms with E-state index in [9.17, 15) is 28.8 Å². The molecule has 0 radical (unpaired) electrons. The summed E-state index contributed by atoms with van der Waals surface area (Å²) in [5.74, 6) is -2.51. The summed E-state index contributed by atoms with van der Waals surface area (Å²) in [6, 6.07) is 19.8. The monoisotopic (exact) mass is 905 g/mol. The lowest BCUT2D eigenvalue weighted by molar-refractivity contribution is -0.135. The molecule has 2 aliphatic heterocycles. The van der Waals surface area contributed by atoms with Crippen LogP contribution in [0, 0.1) is 5.82 Å². The number of imidazole rings is 1. The SMILES string of the molecule is CNC(=O)c1cccc(NC(=O)c2nn(C)c3ccc(-c4ccc(-n5cnn(C)c5=O)cc4-c4cnn(C5CCN(c6cccc7c6n(C)c(=O)n7C6CCC(=O)NC6=O)CC5)c4)c(F)c23)c1. The van der Waals surface area contributed by atoms with Gasteiger partial charge in [-0.25, -0.2) is 23.2 Å². The average Bonchev–Trinajstić information content (AvgIpc) is 4.11. The molecule has 0 bridgehead atoms. The van der Waals surface area contributed by atoms with Gasteiger partial charge in [-0.05, 0) is 85.0 Å². The second-order valence-corrected chi connectivity index (χ2v) is 16.8. The van der Waals surface area contributed by atoms with Crippen LogP contribution in [0.1, 0.15) is 58.6 Å². The summed E-state index contributed by atoms with van der Waals surface area (Å²) in [5.41, 5.74) is 4.77. The molecule has 20 heteroatoms. The zero-order valence-corrected chi connectivity index (χ0v) is 36.9. The third-order valence-corrected chi connectivity index (χ3v) is 12.9. The molecule has 2 saturated heterocycles. The number of rotatable bonds is 9. The fourth-order valence-corrected chi connectivity index (χ4v) is 9.42. The molecule has 3 N–H and O–H groups in total. The van der Waals surface area contributed by atoms with Crippen LogP contribution in [-0.2, 0) is 30.7 Å². The van der Waals surface area contributed by atoms with Gasteiger partial charge in [-0.1, -0.05) is 18.2 Å². The van der Waals surface area contributed by atoms with Crippen LogP contribution in [0.3, 0.4) is 0 Å². The van der Waals surface area contributed by atoms with Gasteiger partial charge in [0, 0.05) is 76.3 Å². The lowest BCUT2D eigenvalue weighted by Crippen LogP contribution is -2.44. The van der Waals surface area contributed by atoms with Gasteiger partial charge in [0.25, 0.3) is 11.8 Å². The number of hydrogen-bond donors (Lipinski definition) is 3. The number of amides is 4. The summed E-state index contributed by atoms with van der Waals surface area (Å²) in [6.07, 6.45) is 6.82. The molecule has 10 rings (SSSR count). The summed E-state index contributed by atoms with van der Waals surface area (Å²) in [5, 5.41) is 21.0. The van der Waals surface area contributed by atoms with Crippen LogP contribution < -0.4 is 32.2 Å². The summed E-state index contributed by atoms with van der Waals surface area (Å²) >= 11 is 0. The molecule has 4 amide bonds. The lowest BCUT2D eigenvalue weighted by atomic mass is 9.93. The Kier molecular flexibility index (Phi) is 10.5. The number of aryl methyl sites for hydroxylation is 3. The maximum atomic E-state index is 17.2. The highest BCUT2D eigenvalue weighted by Gasteiger charge is 2.33. The van der Waals surface area contributed by atoms with E-state index in [0.29, 0.717) is 76.1 Å². The van der Waals surface area contributed by atoms with Crippen LogP contribution in [0.15, 0.2) is 101 Å². The number of imide groups is 1. The van der Waals surface area contributed by atoms with Gasteiger partial charge < -0.3 is 15.5 Å². The Labute approximate surface area is 380 Å². The second kappa shape index (κ2) is 16.5. The second-order valence-electron chi connectivity index (χ2n) is 16.8. The number of anilines is 2. The van der Waals surface area contributed by atoms with E-state index in [-0.39, 0.29) is 58.7 Å². The molecule has 4 aromatic heterocycles. The first kappa shape index (κ1) is 42.5. The van der Waals surface area contributed by atoms with Crippen molar-refractivity contribution in [1.29, 1.82) is 0 Å². The molecule has 6 heterocycles. The molecule has 67 heavy (non-hydrogen) atoms. The van der Waals surface area contributed by atoms with Gasteiger partial charge in [0.1, 0.15) is 18.2 Å². The van der Waals surface area contributed by atoms with Gasteiger partial charge in [-0.3, -0.25) is 43.0 Å². The number of para-hydroxylation sites is 1. The van der Waals surface area contributed by atoms with E-state index in [4.69, 9.17) is 5.10 Å². The van der Waals surface area contributed by atoms with E-state index >= 15 is 4.39 Å². The minimum absolute atomic E-state index is 0.00390. The maximum absolute atomic E-state index is 17.2. The predicted octanol–water partition coefficient (Wildman–Crippen LogP) is 4.21. The Balaban J connectivity index is 0.969. The third-order valence-electron chi connectivity index (χ3n) is 12.9. The number of piperidine rings is 2. The van der Waals surface area contributed by atoms with Gasteiger partial charge >= 0.3 is 11.4 Å². The Hall–Kier alpha value is -8.42. The van der Waals surface area contributed by atoms with Crippen LogP contribution in [0.2, 0.25) is 0 Å². The van der Waals surface area contributed by atoms with Crippen molar-refractivity contribution in [2.24, 2.45) is 21.1 Å². The molecule has 8 aromatic rings. The highest BCUT2D eigenvalue weighted by molar-refractivity contribution is 6.12. The average molecular weight is 906 g/mol. The fourth-order valence-electron chi connectivity index (χ4n) is 9.42. The van der Waals surface area contributed by atoms with Crippen LogP contribution in [0.4, 0.5) is 15.8 Å². The van der Waals surface area contributed by atoms with Crippen molar-refractivity contribution in [3.63, 3.8) is 0 Å². The summed E-state index contributed by atoms with van der Waals surface area (Å²) < 4.78 is 26.2. The quantitative estimate of drug-likeness (QED) is 0.176. The Morgan fingerprint density at radius 2 is 1.58 bits per heavy atom. The van der Waals surface area contributed by atoms with Crippen molar-refractivity contribution in [3.8, 4) is 27.9 Å². The highest BCUT2D eigenvalue weighted by atomic mass is 19.1. The van der Waals surface area contributed by atoms with Gasteiger partial charge in [-0.15, -0.1) is 0 Å². The normalized spacial score (nSPS) is 15.7.